The molecule has 1 aliphatic heterocycles. The van der Waals surface area contributed by atoms with Gasteiger partial charge in [-0.3, -0.25) is 9.36 Å². The van der Waals surface area contributed by atoms with Crippen LogP contribution in [0.25, 0.3) is 6.08 Å². The van der Waals surface area contributed by atoms with E-state index in [1.54, 1.807) is 36.8 Å². The minimum Gasteiger partial charge on any atom is -0.463 e. The normalized spacial score (nSPS) is 15.7. The number of thiazole rings is 1. The first-order valence-electron chi connectivity index (χ1n) is 10.7. The van der Waals surface area contributed by atoms with E-state index in [-0.39, 0.29) is 12.2 Å². The molecule has 11 heteroatoms. The summed E-state index contributed by atoms with van der Waals surface area (Å²) in [6, 6.07) is 8.66. The average molecular weight is 525 g/mol. The van der Waals surface area contributed by atoms with Gasteiger partial charge in [0, 0.05) is 22.8 Å². The van der Waals surface area contributed by atoms with Gasteiger partial charge in [-0.15, -0.1) is 11.3 Å². The molecule has 178 valence electrons. The third-order valence-electron chi connectivity index (χ3n) is 5.17. The fourth-order valence-corrected chi connectivity index (χ4v) is 6.28. The summed E-state index contributed by atoms with van der Waals surface area (Å²) < 4.78 is 13.2. The lowest BCUT2D eigenvalue weighted by Crippen LogP contribution is -2.39. The molecule has 0 unspecified atom stereocenters. The second-order valence-corrected chi connectivity index (χ2v) is 10.5. The van der Waals surface area contributed by atoms with Crippen LogP contribution in [-0.4, -0.2) is 27.1 Å². The molecule has 8 nitrogen and oxygen atoms in total. The predicted molar refractivity (Wildman–Crippen MR) is 134 cm³/mol. The Morgan fingerprint density at radius 2 is 2.14 bits per heavy atom. The average Bonchev–Trinajstić information content (AvgIpc) is 3.56. The zero-order valence-electron chi connectivity index (χ0n) is 19.0. The van der Waals surface area contributed by atoms with Crippen LogP contribution < -0.4 is 14.9 Å². The molecular weight excluding hydrogens is 504 g/mol. The van der Waals surface area contributed by atoms with Gasteiger partial charge in [0.25, 0.3) is 5.56 Å². The summed E-state index contributed by atoms with van der Waals surface area (Å²) in [6.07, 6.45) is 3.39. The van der Waals surface area contributed by atoms with E-state index in [9.17, 15) is 9.59 Å². The van der Waals surface area contributed by atoms with Gasteiger partial charge in [0.05, 0.1) is 22.4 Å². The molecule has 0 aromatic carbocycles. The van der Waals surface area contributed by atoms with Gasteiger partial charge in [0.1, 0.15) is 11.8 Å². The summed E-state index contributed by atoms with van der Waals surface area (Å²) in [7, 11) is 0. The van der Waals surface area contributed by atoms with Crippen molar-refractivity contribution in [1.82, 2.24) is 14.5 Å². The van der Waals surface area contributed by atoms with Crippen molar-refractivity contribution in [3.8, 4) is 0 Å². The second kappa shape index (κ2) is 9.76. The molecule has 1 aliphatic rings. The molecule has 0 aliphatic carbocycles. The number of aromatic nitrogens is 3. The van der Waals surface area contributed by atoms with Crippen molar-refractivity contribution >= 4 is 46.5 Å². The summed E-state index contributed by atoms with van der Waals surface area (Å²) in [4.78, 5) is 40.9. The SMILES string of the molecule is CCOC(=O)C1=C(C)N=c2s/c(=C/c3ccc(Sc4nccc(C)n4)o3)c(=O)n2[C@H]1c1cccs1. The van der Waals surface area contributed by atoms with Crippen molar-refractivity contribution in [2.45, 2.75) is 37.1 Å². The Morgan fingerprint density at radius 1 is 1.29 bits per heavy atom. The Morgan fingerprint density at radius 3 is 2.89 bits per heavy atom. The first-order valence-corrected chi connectivity index (χ1v) is 13.3. The molecule has 5 rings (SSSR count). The van der Waals surface area contributed by atoms with Crippen LogP contribution in [0.1, 0.15) is 36.2 Å². The molecule has 0 saturated carbocycles. The van der Waals surface area contributed by atoms with Crippen LogP contribution >= 0.6 is 34.4 Å². The monoisotopic (exact) mass is 524 g/mol. The number of furan rings is 1. The van der Waals surface area contributed by atoms with E-state index in [0.717, 1.165) is 10.6 Å². The maximum atomic E-state index is 13.5. The number of nitrogens with zero attached hydrogens (tertiary/aromatic N) is 4. The minimum absolute atomic E-state index is 0.240. The Kier molecular flexibility index (Phi) is 6.54. The predicted octanol–water partition coefficient (Wildman–Crippen LogP) is 3.70. The Hall–Kier alpha value is -3.28. The number of carbonyl (C=O) groups excluding carboxylic acids is 1. The van der Waals surface area contributed by atoms with Gasteiger partial charge in [0.15, 0.2) is 15.1 Å². The molecule has 1 atom stereocenters. The number of allylic oxidation sites excluding steroid dienone is 1. The van der Waals surface area contributed by atoms with Crippen LogP contribution in [0.4, 0.5) is 0 Å². The highest BCUT2D eigenvalue weighted by atomic mass is 32.2. The molecule has 4 aromatic rings. The number of fused-ring (bicyclic) bond motifs is 1. The van der Waals surface area contributed by atoms with E-state index in [2.05, 4.69) is 15.0 Å². The molecule has 0 amide bonds. The molecule has 0 bridgehead atoms. The highest BCUT2D eigenvalue weighted by molar-refractivity contribution is 7.99. The van der Waals surface area contributed by atoms with E-state index in [1.807, 2.05) is 36.6 Å². The van der Waals surface area contributed by atoms with Crippen LogP contribution in [-0.2, 0) is 9.53 Å². The maximum absolute atomic E-state index is 13.5. The summed E-state index contributed by atoms with van der Waals surface area (Å²) >= 11 is 4.05. The fraction of sp³-hybridized carbons (Fsp3) is 0.208. The quantitative estimate of drug-likeness (QED) is 0.280. The Bertz CT molecular complexity index is 1610. The number of hydrogen-bond acceptors (Lipinski definition) is 10. The van der Waals surface area contributed by atoms with Crippen LogP contribution in [0.3, 0.4) is 0 Å². The van der Waals surface area contributed by atoms with Crippen molar-refractivity contribution in [1.29, 1.82) is 0 Å². The number of thiophene rings is 1. The topological polar surface area (TPSA) is 99.6 Å². The largest absolute Gasteiger partial charge is 0.463 e. The number of carbonyl (C=O) groups is 1. The van der Waals surface area contributed by atoms with Crippen molar-refractivity contribution in [2.24, 2.45) is 4.99 Å². The van der Waals surface area contributed by atoms with Gasteiger partial charge in [-0.25, -0.2) is 19.8 Å². The number of esters is 1. The zero-order valence-corrected chi connectivity index (χ0v) is 21.5. The van der Waals surface area contributed by atoms with Crippen LogP contribution in [0, 0.1) is 6.92 Å². The highest BCUT2D eigenvalue weighted by Crippen LogP contribution is 2.33. The van der Waals surface area contributed by atoms with Crippen LogP contribution in [0.2, 0.25) is 0 Å². The number of ether oxygens (including phenoxy) is 1. The smallest absolute Gasteiger partial charge is 0.338 e. The van der Waals surface area contributed by atoms with Crippen molar-refractivity contribution in [2.75, 3.05) is 6.61 Å². The van der Waals surface area contributed by atoms with E-state index < -0.39 is 12.0 Å². The molecule has 0 N–H and O–H groups in total. The lowest BCUT2D eigenvalue weighted by molar-refractivity contribution is -0.139. The Balaban J connectivity index is 1.55. The lowest BCUT2D eigenvalue weighted by Gasteiger charge is -2.23. The van der Waals surface area contributed by atoms with Crippen molar-refractivity contribution in [3.63, 3.8) is 0 Å². The van der Waals surface area contributed by atoms with Gasteiger partial charge in [0.2, 0.25) is 0 Å². The lowest BCUT2D eigenvalue weighted by atomic mass is 10.0. The standard InChI is InChI=1S/C24H20N4O4S3/c1-4-31-22(30)19-14(3)27-24-28(20(19)16-6-5-11-33-16)21(29)17(34-24)12-15-7-8-18(32-15)35-23-25-10-9-13(2)26-23/h5-12,20H,4H2,1-3H3/b17-12+/t20-/m0/s1. The minimum atomic E-state index is -0.589. The van der Waals surface area contributed by atoms with Crippen molar-refractivity contribution in [3.05, 3.63) is 89.2 Å². The van der Waals surface area contributed by atoms with Gasteiger partial charge in [-0.05, 0) is 62.2 Å². The first-order chi connectivity index (χ1) is 16.9. The molecule has 0 fully saturated rings. The molecule has 0 spiro atoms. The summed E-state index contributed by atoms with van der Waals surface area (Å²) in [6.45, 7) is 5.67. The highest BCUT2D eigenvalue weighted by Gasteiger charge is 2.33. The summed E-state index contributed by atoms with van der Waals surface area (Å²) in [5.74, 6) is 0.0620. The van der Waals surface area contributed by atoms with Crippen molar-refractivity contribution < 1.29 is 13.9 Å². The van der Waals surface area contributed by atoms with E-state index >= 15 is 0 Å². The number of rotatable bonds is 6. The fourth-order valence-electron chi connectivity index (χ4n) is 3.67. The molecule has 0 saturated heterocycles. The summed E-state index contributed by atoms with van der Waals surface area (Å²) in [5.41, 5.74) is 1.55. The summed E-state index contributed by atoms with van der Waals surface area (Å²) in [5, 5.41) is 3.12. The van der Waals surface area contributed by atoms with Crippen LogP contribution in [0.15, 0.2) is 77.6 Å². The van der Waals surface area contributed by atoms with Gasteiger partial charge in [-0.2, -0.15) is 0 Å². The number of aryl methyl sites for hydroxylation is 1. The van der Waals surface area contributed by atoms with E-state index in [1.165, 1.54) is 34.4 Å². The third kappa shape index (κ3) is 4.66. The third-order valence-corrected chi connectivity index (χ3v) is 7.88. The zero-order chi connectivity index (χ0) is 24.5. The van der Waals surface area contributed by atoms with E-state index in [0.29, 0.717) is 36.6 Å². The van der Waals surface area contributed by atoms with Gasteiger partial charge in [-0.1, -0.05) is 17.4 Å². The van der Waals surface area contributed by atoms with Gasteiger partial charge >= 0.3 is 5.97 Å². The second-order valence-electron chi connectivity index (χ2n) is 7.56. The molecule has 5 heterocycles. The van der Waals surface area contributed by atoms with Gasteiger partial charge < -0.3 is 9.15 Å². The molecular formula is C24H20N4O4S3. The maximum Gasteiger partial charge on any atom is 0.338 e. The first kappa shape index (κ1) is 23.5. The molecule has 4 aromatic heterocycles. The molecule has 35 heavy (non-hydrogen) atoms. The molecule has 0 radical (unpaired) electrons. The van der Waals surface area contributed by atoms with E-state index in [4.69, 9.17) is 9.15 Å². The number of hydrogen-bond donors (Lipinski definition) is 0. The van der Waals surface area contributed by atoms with Crippen LogP contribution in [0.5, 0.6) is 0 Å². The Labute approximate surface area is 212 Å².